The molecule has 0 saturated carbocycles. The van der Waals surface area contributed by atoms with Crippen LogP contribution in [0.2, 0.25) is 0 Å². The zero-order valence-corrected chi connectivity index (χ0v) is 17.5. The number of nitrogens with one attached hydrogen (secondary N) is 2. The molecule has 0 spiro atoms. The minimum Gasteiger partial charge on any atom is -0.356 e. The number of carbonyl (C=O) groups is 2. The van der Waals surface area contributed by atoms with Gasteiger partial charge < -0.3 is 16.4 Å². The van der Waals surface area contributed by atoms with Gasteiger partial charge in [-0.25, -0.2) is 4.98 Å². The average molecular weight is 411 g/mol. The molecule has 0 unspecified atom stereocenters. The molecule has 0 fully saturated rings. The number of aryl methyl sites for hydroxylation is 1. The van der Waals surface area contributed by atoms with Gasteiger partial charge in [-0.15, -0.1) is 23.7 Å². The number of halogens is 1. The monoisotopic (exact) mass is 410 g/mol. The summed E-state index contributed by atoms with van der Waals surface area (Å²) in [5, 5.41) is 8.05. The van der Waals surface area contributed by atoms with Gasteiger partial charge in [-0.3, -0.25) is 9.59 Å². The Kier molecular flexibility index (Phi) is 9.41. The molecular formula is C19H27ClN4O2S. The lowest BCUT2D eigenvalue weighted by atomic mass is 10.1. The predicted molar refractivity (Wildman–Crippen MR) is 113 cm³/mol. The lowest BCUT2D eigenvalue weighted by molar-refractivity contribution is -0.119. The van der Waals surface area contributed by atoms with Gasteiger partial charge in [-0.05, 0) is 24.3 Å². The summed E-state index contributed by atoms with van der Waals surface area (Å²) in [6.45, 7) is 6.03. The van der Waals surface area contributed by atoms with E-state index in [1.165, 1.54) is 23.8 Å². The molecule has 4 N–H and O–H groups in total. The Bertz CT molecular complexity index is 746. The number of hydrogen-bond donors (Lipinski definition) is 3. The first-order chi connectivity index (χ1) is 12.4. The number of nitrogens with zero attached hydrogens (tertiary/aromatic N) is 1. The van der Waals surface area contributed by atoms with E-state index in [2.05, 4.69) is 27.8 Å². The fraction of sp³-hybridized carbons (Fsp3) is 0.421. The molecule has 27 heavy (non-hydrogen) atoms. The first-order valence-corrected chi connectivity index (χ1v) is 9.60. The molecule has 1 aromatic heterocycles. The second-order valence-corrected chi connectivity index (χ2v) is 7.44. The van der Waals surface area contributed by atoms with Crippen molar-refractivity contribution in [2.45, 2.75) is 39.7 Å². The van der Waals surface area contributed by atoms with Crippen molar-refractivity contribution in [2.24, 2.45) is 11.7 Å². The summed E-state index contributed by atoms with van der Waals surface area (Å²) in [7, 11) is 0. The molecule has 148 valence electrons. The molecule has 0 radical (unpaired) electrons. The highest BCUT2D eigenvalue weighted by molar-refractivity contribution is 7.14. The Morgan fingerprint density at radius 2 is 1.89 bits per heavy atom. The summed E-state index contributed by atoms with van der Waals surface area (Å²) >= 11 is 1.39. The number of rotatable bonds is 8. The number of carbonyl (C=O) groups excluding carboxylic acids is 2. The van der Waals surface area contributed by atoms with Crippen molar-refractivity contribution in [2.75, 3.05) is 11.9 Å². The van der Waals surface area contributed by atoms with Gasteiger partial charge in [-0.1, -0.05) is 38.1 Å². The van der Waals surface area contributed by atoms with Crippen LogP contribution in [-0.4, -0.2) is 29.4 Å². The van der Waals surface area contributed by atoms with Crippen LogP contribution in [0.15, 0.2) is 29.6 Å². The van der Waals surface area contributed by atoms with Crippen LogP contribution in [-0.2, 0) is 16.0 Å². The SMILES string of the molecule is CC(=O)NCCCc1ccc(-c2csc(NC(=O)[C@@H](N)C(C)C)n2)cc1.Cl. The maximum Gasteiger partial charge on any atom is 0.243 e. The molecule has 1 heterocycles. The van der Waals surface area contributed by atoms with Gasteiger partial charge in [0, 0.05) is 24.4 Å². The van der Waals surface area contributed by atoms with Crippen LogP contribution in [0.3, 0.4) is 0 Å². The lowest BCUT2D eigenvalue weighted by Crippen LogP contribution is -2.39. The fourth-order valence-corrected chi connectivity index (χ4v) is 3.08. The largest absolute Gasteiger partial charge is 0.356 e. The van der Waals surface area contributed by atoms with Crippen LogP contribution in [0.4, 0.5) is 5.13 Å². The van der Waals surface area contributed by atoms with E-state index in [9.17, 15) is 9.59 Å². The molecule has 2 rings (SSSR count). The number of nitrogens with two attached hydrogens (primary N) is 1. The molecule has 0 aliphatic heterocycles. The van der Waals surface area contributed by atoms with Gasteiger partial charge in [-0.2, -0.15) is 0 Å². The van der Waals surface area contributed by atoms with E-state index in [1.54, 1.807) is 0 Å². The van der Waals surface area contributed by atoms with Gasteiger partial charge in [0.2, 0.25) is 11.8 Å². The summed E-state index contributed by atoms with van der Waals surface area (Å²) < 4.78 is 0. The predicted octanol–water partition coefficient (Wildman–Crippen LogP) is 3.22. The van der Waals surface area contributed by atoms with E-state index in [-0.39, 0.29) is 30.1 Å². The number of hydrogen-bond acceptors (Lipinski definition) is 5. The number of thiazole rings is 1. The quantitative estimate of drug-likeness (QED) is 0.582. The molecule has 0 bridgehead atoms. The second kappa shape index (κ2) is 11.0. The first kappa shape index (κ1) is 23.1. The minimum atomic E-state index is -0.542. The second-order valence-electron chi connectivity index (χ2n) is 6.58. The first-order valence-electron chi connectivity index (χ1n) is 8.72. The summed E-state index contributed by atoms with van der Waals surface area (Å²) in [5.74, 6) is -0.135. The van der Waals surface area contributed by atoms with Crippen LogP contribution in [0.25, 0.3) is 11.3 Å². The van der Waals surface area contributed by atoms with E-state index >= 15 is 0 Å². The number of aromatic nitrogens is 1. The lowest BCUT2D eigenvalue weighted by Gasteiger charge is -2.13. The van der Waals surface area contributed by atoms with Crippen molar-refractivity contribution >= 4 is 40.7 Å². The highest BCUT2D eigenvalue weighted by atomic mass is 35.5. The van der Waals surface area contributed by atoms with Crippen molar-refractivity contribution in [3.63, 3.8) is 0 Å². The van der Waals surface area contributed by atoms with Gasteiger partial charge in [0.05, 0.1) is 11.7 Å². The van der Waals surface area contributed by atoms with Gasteiger partial charge in [0.15, 0.2) is 5.13 Å². The Labute approximate surface area is 170 Å². The molecule has 0 aliphatic carbocycles. The standard InChI is InChI=1S/C19H26N4O2S.ClH/c1-12(2)17(20)18(25)23-19-22-16(11-26-19)15-8-6-14(7-9-15)5-4-10-21-13(3)24;/h6-9,11-12,17H,4-5,10,20H2,1-3H3,(H,21,24)(H,22,23,25);1H/t17-;/m0./s1. The number of anilines is 1. The Morgan fingerprint density at radius 1 is 1.22 bits per heavy atom. The third kappa shape index (κ3) is 7.28. The summed E-state index contributed by atoms with van der Waals surface area (Å²) in [4.78, 5) is 27.3. The van der Waals surface area contributed by atoms with Crippen LogP contribution in [0.5, 0.6) is 0 Å². The topological polar surface area (TPSA) is 97.1 Å². The summed E-state index contributed by atoms with van der Waals surface area (Å²) in [5.41, 5.74) is 8.89. The van der Waals surface area contributed by atoms with Gasteiger partial charge in [0.1, 0.15) is 0 Å². The Balaban J connectivity index is 0.00000364. The highest BCUT2D eigenvalue weighted by Crippen LogP contribution is 2.25. The van der Waals surface area contributed by atoms with Crippen molar-refractivity contribution in [3.05, 3.63) is 35.2 Å². The van der Waals surface area contributed by atoms with Crippen molar-refractivity contribution in [1.29, 1.82) is 0 Å². The van der Waals surface area contributed by atoms with Crippen molar-refractivity contribution < 1.29 is 9.59 Å². The molecule has 1 aromatic carbocycles. The molecule has 0 saturated heterocycles. The van der Waals surface area contributed by atoms with Crippen molar-refractivity contribution in [1.82, 2.24) is 10.3 Å². The third-order valence-electron chi connectivity index (χ3n) is 4.02. The molecule has 1 atom stereocenters. The maximum absolute atomic E-state index is 12.0. The molecule has 6 nitrogen and oxygen atoms in total. The molecule has 8 heteroatoms. The van der Waals surface area contributed by atoms with Gasteiger partial charge >= 0.3 is 0 Å². The smallest absolute Gasteiger partial charge is 0.243 e. The van der Waals surface area contributed by atoms with Crippen LogP contribution in [0, 0.1) is 5.92 Å². The van der Waals surface area contributed by atoms with E-state index < -0.39 is 6.04 Å². The van der Waals surface area contributed by atoms with Gasteiger partial charge in [0.25, 0.3) is 0 Å². The molecule has 2 amide bonds. The van der Waals surface area contributed by atoms with Crippen LogP contribution in [0.1, 0.15) is 32.8 Å². The zero-order chi connectivity index (χ0) is 19.1. The van der Waals surface area contributed by atoms with E-state index in [1.807, 2.05) is 31.4 Å². The third-order valence-corrected chi connectivity index (χ3v) is 4.78. The summed E-state index contributed by atoms with van der Waals surface area (Å²) in [6.07, 6.45) is 1.81. The normalized spacial score (nSPS) is 11.6. The number of benzene rings is 1. The van der Waals surface area contributed by atoms with E-state index in [0.717, 1.165) is 24.1 Å². The Morgan fingerprint density at radius 3 is 2.48 bits per heavy atom. The molecular weight excluding hydrogens is 384 g/mol. The fourth-order valence-electron chi connectivity index (χ4n) is 2.35. The summed E-state index contributed by atoms with van der Waals surface area (Å²) in [6, 6.07) is 7.63. The van der Waals surface area contributed by atoms with Crippen molar-refractivity contribution in [3.8, 4) is 11.3 Å². The highest BCUT2D eigenvalue weighted by Gasteiger charge is 2.18. The maximum atomic E-state index is 12.0. The molecule has 0 aliphatic rings. The molecule has 2 aromatic rings. The Hall–Kier alpha value is -1.96. The average Bonchev–Trinajstić information content (AvgIpc) is 3.06. The van der Waals surface area contributed by atoms with Crippen LogP contribution >= 0.6 is 23.7 Å². The minimum absolute atomic E-state index is 0. The zero-order valence-electron chi connectivity index (χ0n) is 15.8. The van der Waals surface area contributed by atoms with Crippen LogP contribution < -0.4 is 16.4 Å². The number of amides is 2. The van der Waals surface area contributed by atoms with E-state index in [0.29, 0.717) is 11.7 Å². The van der Waals surface area contributed by atoms with E-state index in [4.69, 9.17) is 5.73 Å².